The van der Waals surface area contributed by atoms with Gasteiger partial charge in [-0.25, -0.2) is 4.98 Å². The van der Waals surface area contributed by atoms with Gasteiger partial charge in [0, 0.05) is 0 Å². The van der Waals surface area contributed by atoms with Gasteiger partial charge in [0.1, 0.15) is 0 Å². The molecular formula is C5H6N4O. The van der Waals surface area contributed by atoms with Crippen molar-refractivity contribution in [3.8, 4) is 0 Å². The monoisotopic (exact) mass is 138 g/mol. The van der Waals surface area contributed by atoms with Gasteiger partial charge in [-0.05, 0) is 6.07 Å². The van der Waals surface area contributed by atoms with Crippen molar-refractivity contribution in [3.63, 3.8) is 0 Å². The zero-order valence-corrected chi connectivity index (χ0v) is 5.10. The highest BCUT2D eigenvalue weighted by Crippen LogP contribution is 2.06. The Balaban J connectivity index is 2.98. The number of rotatable bonds is 0. The first-order valence-electron chi connectivity index (χ1n) is 2.79. The quantitative estimate of drug-likeness (QED) is 0.502. The fourth-order valence-electron chi connectivity index (χ4n) is 0.921. The smallest absolute Gasteiger partial charge is 0.222 e. The summed E-state index contributed by atoms with van der Waals surface area (Å²) in [5.74, 6) is 0.280. The number of anilines is 1. The summed E-state index contributed by atoms with van der Waals surface area (Å²) in [7, 11) is 0. The second-order valence-corrected chi connectivity index (χ2v) is 1.99. The van der Waals surface area contributed by atoms with Crippen LogP contribution in [-0.2, 0) is 0 Å². The summed E-state index contributed by atoms with van der Waals surface area (Å²) in [6.07, 6.45) is 3.08. The second kappa shape index (κ2) is 1.44. The molecule has 2 aromatic heterocycles. The van der Waals surface area contributed by atoms with Crippen molar-refractivity contribution in [1.29, 1.82) is 0 Å². The normalized spacial score (nSPS) is 10.8. The van der Waals surface area contributed by atoms with Crippen molar-refractivity contribution < 1.29 is 5.21 Å². The van der Waals surface area contributed by atoms with Gasteiger partial charge in [-0.15, -0.1) is 4.85 Å². The molecule has 10 heavy (non-hydrogen) atoms. The van der Waals surface area contributed by atoms with E-state index in [1.807, 2.05) is 0 Å². The van der Waals surface area contributed by atoms with Gasteiger partial charge >= 0.3 is 0 Å². The van der Waals surface area contributed by atoms with Crippen LogP contribution in [0.4, 0.5) is 5.95 Å². The van der Waals surface area contributed by atoms with Gasteiger partial charge in [0.2, 0.25) is 5.95 Å². The van der Waals surface area contributed by atoms with Crippen LogP contribution < -0.4 is 5.73 Å². The molecule has 0 saturated heterocycles. The Morgan fingerprint density at radius 2 is 2.40 bits per heavy atom. The van der Waals surface area contributed by atoms with Crippen LogP contribution in [0.1, 0.15) is 0 Å². The molecule has 2 aromatic rings. The average Bonchev–Trinajstić information content (AvgIpc) is 2.40. The first-order valence-corrected chi connectivity index (χ1v) is 2.79. The Morgan fingerprint density at radius 3 is 3.10 bits per heavy atom. The number of hydrogen-bond donors (Lipinski definition) is 2. The minimum atomic E-state index is 0.280. The lowest BCUT2D eigenvalue weighted by Gasteiger charge is -1.93. The zero-order chi connectivity index (χ0) is 7.14. The maximum atomic E-state index is 9.04. The van der Waals surface area contributed by atoms with Crippen molar-refractivity contribution in [1.82, 2.24) is 14.3 Å². The van der Waals surface area contributed by atoms with Crippen LogP contribution in [0.3, 0.4) is 0 Å². The summed E-state index contributed by atoms with van der Waals surface area (Å²) in [5.41, 5.74) is 6.17. The van der Waals surface area contributed by atoms with E-state index >= 15 is 0 Å². The van der Waals surface area contributed by atoms with Crippen molar-refractivity contribution in [2.45, 2.75) is 0 Å². The predicted octanol–water partition coefficient (Wildman–Crippen LogP) is -0.0447. The van der Waals surface area contributed by atoms with Gasteiger partial charge in [-0.3, -0.25) is 0 Å². The molecule has 3 N–H and O–H groups in total. The Hall–Kier alpha value is -1.65. The SMILES string of the molecule is Nc1ncc2ccn(O)n12. The zero-order valence-electron chi connectivity index (χ0n) is 5.10. The van der Waals surface area contributed by atoms with Crippen molar-refractivity contribution in [3.05, 3.63) is 18.5 Å². The van der Waals surface area contributed by atoms with E-state index in [0.717, 1.165) is 10.4 Å². The largest absolute Gasteiger partial charge is 0.413 e. The first kappa shape index (κ1) is 5.16. The van der Waals surface area contributed by atoms with Gasteiger partial charge in [-0.1, -0.05) is 0 Å². The number of nitrogens with zero attached hydrogens (tertiary/aromatic N) is 3. The summed E-state index contributed by atoms with van der Waals surface area (Å²) in [6, 6.07) is 1.71. The summed E-state index contributed by atoms with van der Waals surface area (Å²) in [5, 5.41) is 9.04. The van der Waals surface area contributed by atoms with E-state index in [1.165, 1.54) is 10.7 Å². The third-order valence-electron chi connectivity index (χ3n) is 1.37. The third-order valence-corrected chi connectivity index (χ3v) is 1.37. The molecular weight excluding hydrogens is 132 g/mol. The highest BCUT2D eigenvalue weighted by molar-refractivity contribution is 5.48. The molecule has 2 rings (SSSR count). The average molecular weight is 138 g/mol. The number of nitrogen functional groups attached to an aromatic ring is 1. The molecule has 0 aliphatic carbocycles. The maximum absolute atomic E-state index is 9.04. The lowest BCUT2D eigenvalue weighted by molar-refractivity contribution is 0.139. The summed E-state index contributed by atoms with van der Waals surface area (Å²) >= 11 is 0. The van der Waals surface area contributed by atoms with E-state index in [9.17, 15) is 0 Å². The number of imidazole rings is 1. The minimum absolute atomic E-state index is 0.280. The Bertz CT molecular complexity index is 329. The number of hydrogen-bond acceptors (Lipinski definition) is 3. The highest BCUT2D eigenvalue weighted by Gasteiger charge is 2.01. The molecule has 0 radical (unpaired) electrons. The van der Waals surface area contributed by atoms with E-state index in [2.05, 4.69) is 4.98 Å². The summed E-state index contributed by atoms with van der Waals surface area (Å²) in [6.45, 7) is 0. The maximum Gasteiger partial charge on any atom is 0.222 e. The molecule has 0 aliphatic rings. The molecule has 0 bridgehead atoms. The summed E-state index contributed by atoms with van der Waals surface area (Å²) < 4.78 is 1.39. The second-order valence-electron chi connectivity index (χ2n) is 1.99. The van der Waals surface area contributed by atoms with E-state index in [1.54, 1.807) is 12.3 Å². The molecule has 5 nitrogen and oxygen atoms in total. The number of fused-ring (bicyclic) bond motifs is 1. The summed E-state index contributed by atoms with van der Waals surface area (Å²) in [4.78, 5) is 4.66. The molecule has 0 aromatic carbocycles. The van der Waals surface area contributed by atoms with E-state index < -0.39 is 0 Å². The van der Waals surface area contributed by atoms with Crippen LogP contribution in [0.15, 0.2) is 18.5 Å². The lowest BCUT2D eigenvalue weighted by Crippen LogP contribution is -2.03. The molecule has 52 valence electrons. The molecule has 0 unspecified atom stereocenters. The molecule has 5 heteroatoms. The molecule has 0 aliphatic heterocycles. The first-order chi connectivity index (χ1) is 4.79. The van der Waals surface area contributed by atoms with Gasteiger partial charge < -0.3 is 10.9 Å². The fraction of sp³-hybridized carbons (Fsp3) is 0. The lowest BCUT2D eigenvalue weighted by atomic mass is 10.6. The van der Waals surface area contributed by atoms with E-state index in [-0.39, 0.29) is 5.95 Å². The minimum Gasteiger partial charge on any atom is -0.413 e. The van der Waals surface area contributed by atoms with Crippen LogP contribution in [0.25, 0.3) is 5.52 Å². The highest BCUT2D eigenvalue weighted by atomic mass is 16.5. The van der Waals surface area contributed by atoms with Crippen molar-refractivity contribution >= 4 is 11.5 Å². The number of nitrogens with two attached hydrogens (primary N) is 1. The van der Waals surface area contributed by atoms with Gasteiger partial charge in [0.15, 0.2) is 0 Å². The van der Waals surface area contributed by atoms with Gasteiger partial charge in [0.05, 0.1) is 17.9 Å². The van der Waals surface area contributed by atoms with Crippen LogP contribution in [-0.4, -0.2) is 19.6 Å². The molecule has 0 amide bonds. The Morgan fingerprint density at radius 1 is 1.60 bits per heavy atom. The third kappa shape index (κ3) is 0.439. The van der Waals surface area contributed by atoms with Gasteiger partial charge in [0.25, 0.3) is 0 Å². The Labute approximate surface area is 56.2 Å². The molecule has 0 spiro atoms. The fourth-order valence-corrected chi connectivity index (χ4v) is 0.921. The molecule has 2 heterocycles. The van der Waals surface area contributed by atoms with Crippen molar-refractivity contribution in [2.75, 3.05) is 5.73 Å². The van der Waals surface area contributed by atoms with Crippen LogP contribution >= 0.6 is 0 Å². The van der Waals surface area contributed by atoms with E-state index in [4.69, 9.17) is 10.9 Å². The van der Waals surface area contributed by atoms with Crippen LogP contribution in [0.5, 0.6) is 0 Å². The van der Waals surface area contributed by atoms with Crippen LogP contribution in [0, 0.1) is 0 Å². The molecule has 0 atom stereocenters. The predicted molar refractivity (Wildman–Crippen MR) is 34.8 cm³/mol. The van der Waals surface area contributed by atoms with Crippen molar-refractivity contribution in [2.24, 2.45) is 0 Å². The molecule has 0 saturated carbocycles. The Kier molecular flexibility index (Phi) is 0.743. The van der Waals surface area contributed by atoms with Crippen LogP contribution in [0.2, 0.25) is 0 Å². The number of aromatic nitrogens is 3. The molecule has 0 fully saturated rings. The van der Waals surface area contributed by atoms with E-state index in [0.29, 0.717) is 0 Å². The topological polar surface area (TPSA) is 68.5 Å². The standard InChI is InChI=1S/C5H6N4O/c6-5-7-3-4-1-2-8(10)9(4)5/h1-3,10H,(H2,6,7). The van der Waals surface area contributed by atoms with Gasteiger partial charge in [-0.2, -0.15) is 4.52 Å².